The SMILES string of the molecule is [2H]C(C)(C)c1cc(-c2[c-]cccc2)ncc1[Si](C)(C)C.[2H]C([2H])(c1ccnc(-c2[c-]ccc3c2sc2cc(-c4ccccc4)ccc23)c1)C(C)(C)C.[Ir]. The fraction of sp³-hybridized carbons (Fsp3) is 0.244. The largest absolute Gasteiger partial charge is 0.305 e. The molecule has 7 aromatic rings. The van der Waals surface area contributed by atoms with Crippen LogP contribution in [0.1, 0.15) is 55.8 Å². The van der Waals surface area contributed by atoms with Crippen molar-refractivity contribution >= 4 is 44.8 Å². The summed E-state index contributed by atoms with van der Waals surface area (Å²) in [6.45, 7) is 16.6. The van der Waals surface area contributed by atoms with E-state index >= 15 is 0 Å². The fourth-order valence-electron chi connectivity index (χ4n) is 5.99. The third-order valence-corrected chi connectivity index (χ3v) is 11.5. The van der Waals surface area contributed by atoms with E-state index in [9.17, 15) is 0 Å². The normalized spacial score (nSPS) is 13.1. The first-order valence-corrected chi connectivity index (χ1v) is 21.1. The quantitative estimate of drug-likeness (QED) is 0.123. The van der Waals surface area contributed by atoms with E-state index in [0.29, 0.717) is 5.56 Å². The van der Waals surface area contributed by atoms with Gasteiger partial charge in [0.25, 0.3) is 0 Å². The van der Waals surface area contributed by atoms with E-state index in [0.717, 1.165) is 32.8 Å². The van der Waals surface area contributed by atoms with Crippen LogP contribution in [0.15, 0.2) is 116 Å². The van der Waals surface area contributed by atoms with Crippen molar-refractivity contribution in [3.8, 4) is 33.6 Å². The van der Waals surface area contributed by atoms with Gasteiger partial charge in [0.05, 0.1) is 8.07 Å². The molecule has 3 aromatic heterocycles. The number of thiophene rings is 1. The van der Waals surface area contributed by atoms with E-state index in [1.165, 1.54) is 31.8 Å². The Bertz CT molecular complexity index is 2340. The molecule has 0 aliphatic heterocycles. The molecule has 0 saturated carbocycles. The first-order valence-electron chi connectivity index (χ1n) is 18.3. The van der Waals surface area contributed by atoms with Crippen molar-refractivity contribution in [3.05, 3.63) is 139 Å². The van der Waals surface area contributed by atoms with Crippen LogP contribution >= 0.6 is 11.3 Å². The number of nitrogens with zero attached hydrogens (tertiary/aromatic N) is 2. The van der Waals surface area contributed by atoms with Gasteiger partial charge in [0.2, 0.25) is 0 Å². The maximum atomic E-state index is 8.67. The molecule has 50 heavy (non-hydrogen) atoms. The number of hydrogen-bond acceptors (Lipinski definition) is 3. The van der Waals surface area contributed by atoms with Crippen LogP contribution in [0.25, 0.3) is 53.8 Å². The van der Waals surface area contributed by atoms with Gasteiger partial charge in [0.1, 0.15) is 0 Å². The molecule has 7 rings (SSSR count). The van der Waals surface area contributed by atoms with E-state index < -0.39 is 25.8 Å². The van der Waals surface area contributed by atoms with Gasteiger partial charge in [-0.05, 0) is 67.6 Å². The molecule has 0 aliphatic carbocycles. The molecule has 3 heterocycles. The Morgan fingerprint density at radius 2 is 1.56 bits per heavy atom. The first-order chi connectivity index (χ1) is 24.4. The second kappa shape index (κ2) is 15.7. The monoisotopic (exact) mass is 870 g/mol. The maximum absolute atomic E-state index is 8.67. The molecule has 0 amide bonds. The number of hydrogen-bond donors (Lipinski definition) is 0. The number of aromatic nitrogens is 2. The Hall–Kier alpha value is -3.73. The number of benzene rings is 4. The van der Waals surface area contributed by atoms with Gasteiger partial charge >= 0.3 is 0 Å². The number of rotatable bonds is 6. The Balaban J connectivity index is 0.000000223. The van der Waals surface area contributed by atoms with Gasteiger partial charge in [0.15, 0.2) is 0 Å². The third kappa shape index (κ3) is 8.76. The summed E-state index contributed by atoms with van der Waals surface area (Å²) in [7, 11) is -1.50. The van der Waals surface area contributed by atoms with Crippen LogP contribution in [0.2, 0.25) is 19.6 Å². The van der Waals surface area contributed by atoms with Crippen LogP contribution in [0, 0.1) is 17.5 Å². The zero-order valence-electron chi connectivity index (χ0n) is 33.1. The minimum atomic E-state index is -1.50. The smallest absolute Gasteiger partial charge is 0.0799 e. The second-order valence-corrected chi connectivity index (χ2v) is 20.8. The Kier molecular flexibility index (Phi) is 10.5. The molecule has 0 aliphatic rings. The average Bonchev–Trinajstić information content (AvgIpc) is 3.49. The Morgan fingerprint density at radius 3 is 2.24 bits per heavy atom. The van der Waals surface area contributed by atoms with Gasteiger partial charge in [-0.1, -0.05) is 125 Å². The molecule has 0 saturated heterocycles. The van der Waals surface area contributed by atoms with Crippen molar-refractivity contribution in [1.82, 2.24) is 9.97 Å². The minimum Gasteiger partial charge on any atom is -0.305 e. The molecule has 4 aromatic carbocycles. The van der Waals surface area contributed by atoms with E-state index in [1.54, 1.807) is 23.6 Å². The van der Waals surface area contributed by atoms with E-state index in [-0.39, 0.29) is 20.1 Å². The average molecular weight is 870 g/mol. The molecule has 257 valence electrons. The maximum Gasteiger partial charge on any atom is 0.0799 e. The van der Waals surface area contributed by atoms with Crippen molar-refractivity contribution in [2.75, 3.05) is 0 Å². The predicted molar refractivity (Wildman–Crippen MR) is 216 cm³/mol. The summed E-state index contributed by atoms with van der Waals surface area (Å²) in [4.78, 5) is 9.21. The molecular weight excluding hydrogens is 821 g/mol. The molecule has 0 fully saturated rings. The Morgan fingerprint density at radius 1 is 0.800 bits per heavy atom. The zero-order valence-corrected chi connectivity index (χ0v) is 34.3. The van der Waals surface area contributed by atoms with E-state index in [1.807, 2.05) is 83.3 Å². The van der Waals surface area contributed by atoms with Crippen molar-refractivity contribution in [2.24, 2.45) is 5.41 Å². The van der Waals surface area contributed by atoms with Crippen LogP contribution in [-0.4, -0.2) is 18.0 Å². The Labute approximate surface area is 321 Å². The topological polar surface area (TPSA) is 25.8 Å². The first kappa shape index (κ1) is 33.4. The van der Waals surface area contributed by atoms with Crippen LogP contribution in [0.5, 0.6) is 0 Å². The van der Waals surface area contributed by atoms with Crippen molar-refractivity contribution in [2.45, 2.75) is 66.5 Å². The molecule has 1 radical (unpaired) electrons. The summed E-state index contributed by atoms with van der Waals surface area (Å²) < 4.78 is 28.1. The molecular formula is C45H46IrN2SSi-2. The van der Waals surface area contributed by atoms with Crippen LogP contribution in [0.3, 0.4) is 0 Å². The van der Waals surface area contributed by atoms with Crippen LogP contribution in [0.4, 0.5) is 0 Å². The number of pyridine rings is 2. The molecule has 0 unspecified atom stereocenters. The number of fused-ring (bicyclic) bond motifs is 3. The van der Waals surface area contributed by atoms with Gasteiger partial charge in [-0.15, -0.1) is 59.7 Å². The van der Waals surface area contributed by atoms with Gasteiger partial charge in [0, 0.05) is 41.3 Å². The minimum absolute atomic E-state index is 0. The molecule has 2 nitrogen and oxygen atoms in total. The predicted octanol–water partition coefficient (Wildman–Crippen LogP) is 12.4. The second-order valence-electron chi connectivity index (χ2n) is 14.7. The molecule has 0 N–H and O–H groups in total. The molecule has 5 heteroatoms. The van der Waals surface area contributed by atoms with Crippen molar-refractivity contribution in [3.63, 3.8) is 0 Å². The molecule has 0 spiro atoms. The van der Waals surface area contributed by atoms with Crippen LogP contribution < -0.4 is 5.19 Å². The fourth-order valence-corrected chi connectivity index (χ4v) is 8.82. The van der Waals surface area contributed by atoms with Gasteiger partial charge < -0.3 is 9.97 Å². The van der Waals surface area contributed by atoms with Crippen LogP contribution in [-0.2, 0) is 26.5 Å². The van der Waals surface area contributed by atoms with E-state index in [4.69, 9.17) is 4.11 Å². The standard InChI is InChI=1S/C28H24NS.C17H22NSi.Ir/c1-28(2,3)18-19-14-15-29-25(16-19)24-11-7-10-23-22-13-12-21(17-26(22)30-27(23)24)20-8-5-4-6-9-20;1-13(2)15-11-16(14-9-7-6-8-10-14)18-12-17(15)19(3,4)5;/h4-10,12-17H,18H2,1-3H3;6-9,11-13H,1-5H3;/q2*-1;/i18D2;13D;. The molecule has 0 bridgehead atoms. The summed E-state index contributed by atoms with van der Waals surface area (Å²) in [5, 5.41) is 3.68. The van der Waals surface area contributed by atoms with Crippen molar-refractivity contribution in [1.29, 1.82) is 0 Å². The zero-order chi connectivity index (χ0) is 37.5. The van der Waals surface area contributed by atoms with Crippen molar-refractivity contribution < 1.29 is 24.2 Å². The van der Waals surface area contributed by atoms with Gasteiger partial charge in [-0.2, -0.15) is 11.3 Å². The summed E-state index contributed by atoms with van der Waals surface area (Å²) in [6.07, 6.45) is 2.22. The van der Waals surface area contributed by atoms with E-state index in [2.05, 4.69) is 96.3 Å². The summed E-state index contributed by atoms with van der Waals surface area (Å²) in [6, 6.07) is 41.3. The molecule has 0 atom stereocenters. The summed E-state index contributed by atoms with van der Waals surface area (Å²) in [5.74, 6) is -0.609. The third-order valence-electron chi connectivity index (χ3n) is 8.31. The van der Waals surface area contributed by atoms with Gasteiger partial charge in [-0.3, -0.25) is 0 Å². The summed E-state index contributed by atoms with van der Waals surface area (Å²) in [5.41, 5.74) is 7.21. The van der Waals surface area contributed by atoms with Gasteiger partial charge in [-0.25, -0.2) is 0 Å². The summed E-state index contributed by atoms with van der Waals surface area (Å²) >= 11 is 1.75.